The molecule has 2 rings (SSSR count). The Morgan fingerprint density at radius 2 is 2.16 bits per heavy atom. The summed E-state index contributed by atoms with van der Waals surface area (Å²) >= 11 is -2.33. The molecule has 2 saturated heterocycles. The molecule has 3 atom stereocenters. The van der Waals surface area contributed by atoms with E-state index in [0.717, 1.165) is 12.8 Å². The van der Waals surface area contributed by atoms with E-state index in [9.17, 15) is 18.4 Å². The molecule has 25 heavy (non-hydrogen) atoms. The topological polar surface area (TPSA) is 102 Å². The Hall–Kier alpha value is -1.19. The van der Waals surface area contributed by atoms with Crippen LogP contribution < -0.4 is 4.72 Å². The second-order valence-corrected chi connectivity index (χ2v) is 8.72. The van der Waals surface area contributed by atoms with Crippen LogP contribution in [0.25, 0.3) is 0 Å². The molecule has 0 bridgehead atoms. The number of hydrogen-bond donors (Lipinski definition) is 1. The molecule has 0 aromatic heterocycles. The minimum Gasteiger partial charge on any atom is -0.760 e. The van der Waals surface area contributed by atoms with Crippen LogP contribution in [0.1, 0.15) is 47.0 Å². The van der Waals surface area contributed by atoms with Gasteiger partial charge in [0, 0.05) is 43.5 Å². The fraction of sp³-hybridized carbons (Fsp3) is 0.875. The number of piperidine rings is 1. The number of carbonyl (C=O) groups excluding carboxylic acids is 2. The van der Waals surface area contributed by atoms with Gasteiger partial charge in [-0.05, 0) is 47.0 Å². The van der Waals surface area contributed by atoms with Crippen molar-refractivity contribution in [3.8, 4) is 0 Å². The fourth-order valence-electron chi connectivity index (χ4n) is 3.79. The van der Waals surface area contributed by atoms with Crippen molar-refractivity contribution in [2.45, 2.75) is 58.6 Å². The molecule has 0 aliphatic carbocycles. The van der Waals surface area contributed by atoms with Crippen molar-refractivity contribution in [2.24, 2.45) is 5.41 Å². The Balaban J connectivity index is 2.03. The first-order valence-electron chi connectivity index (χ1n) is 8.66. The van der Waals surface area contributed by atoms with Gasteiger partial charge in [0.2, 0.25) is 5.91 Å². The largest absolute Gasteiger partial charge is 0.760 e. The van der Waals surface area contributed by atoms with Crippen LogP contribution in [-0.4, -0.2) is 68.4 Å². The molecule has 8 nitrogen and oxygen atoms in total. The first-order chi connectivity index (χ1) is 11.5. The molecule has 2 amide bonds. The van der Waals surface area contributed by atoms with E-state index in [-0.39, 0.29) is 24.6 Å². The zero-order valence-corrected chi connectivity index (χ0v) is 16.2. The maximum atomic E-state index is 13.0. The van der Waals surface area contributed by atoms with Crippen LogP contribution in [-0.2, 0) is 20.8 Å². The highest BCUT2D eigenvalue weighted by molar-refractivity contribution is 7.77. The molecule has 0 aromatic rings. The van der Waals surface area contributed by atoms with Gasteiger partial charge in [-0.3, -0.25) is 9.00 Å². The molecule has 0 saturated carbocycles. The Labute approximate surface area is 151 Å². The summed E-state index contributed by atoms with van der Waals surface area (Å²) in [5.41, 5.74) is -1.15. The predicted octanol–water partition coefficient (Wildman–Crippen LogP) is 1.01. The molecule has 0 aromatic carbocycles. The monoisotopic (exact) mass is 374 g/mol. The van der Waals surface area contributed by atoms with Crippen LogP contribution in [0.2, 0.25) is 0 Å². The second kappa shape index (κ2) is 7.59. The molecule has 9 heteroatoms. The molecular formula is C16H28N3O5S-. The molecule has 144 valence electrons. The van der Waals surface area contributed by atoms with Crippen LogP contribution in [0.15, 0.2) is 0 Å². The Morgan fingerprint density at radius 3 is 2.76 bits per heavy atom. The van der Waals surface area contributed by atoms with Crippen molar-refractivity contribution < 1.29 is 23.1 Å². The normalized spacial score (nSPS) is 28.5. The summed E-state index contributed by atoms with van der Waals surface area (Å²) in [7, 11) is 0. The Bertz CT molecular complexity index is 550. The zero-order chi connectivity index (χ0) is 18.8. The van der Waals surface area contributed by atoms with E-state index >= 15 is 0 Å². The minimum atomic E-state index is -2.33. The smallest absolute Gasteiger partial charge is 0.410 e. The number of amides is 2. The van der Waals surface area contributed by atoms with Crippen LogP contribution in [0.4, 0.5) is 4.79 Å². The van der Waals surface area contributed by atoms with E-state index in [4.69, 9.17) is 4.74 Å². The lowest BCUT2D eigenvalue weighted by Gasteiger charge is -2.39. The van der Waals surface area contributed by atoms with E-state index in [1.165, 1.54) is 0 Å². The molecule has 1 N–H and O–H groups in total. The zero-order valence-electron chi connectivity index (χ0n) is 15.4. The van der Waals surface area contributed by atoms with Crippen LogP contribution in [0.3, 0.4) is 0 Å². The average Bonchev–Trinajstić information content (AvgIpc) is 2.69. The number of ether oxygens (including phenoxy) is 1. The third kappa shape index (κ3) is 4.92. The summed E-state index contributed by atoms with van der Waals surface area (Å²) in [5.74, 6) is 0.00624. The van der Waals surface area contributed by atoms with E-state index in [0.29, 0.717) is 26.1 Å². The molecule has 2 aliphatic rings. The van der Waals surface area contributed by atoms with E-state index in [1.807, 2.05) is 27.7 Å². The number of likely N-dealkylation sites (tertiary alicyclic amines) is 2. The third-order valence-corrected chi connectivity index (χ3v) is 5.17. The van der Waals surface area contributed by atoms with Crippen molar-refractivity contribution >= 4 is 23.3 Å². The van der Waals surface area contributed by atoms with Crippen molar-refractivity contribution in [3.05, 3.63) is 0 Å². The molecule has 2 fully saturated rings. The highest BCUT2D eigenvalue weighted by Gasteiger charge is 2.52. The highest BCUT2D eigenvalue weighted by Crippen LogP contribution is 2.43. The van der Waals surface area contributed by atoms with Crippen molar-refractivity contribution in [1.82, 2.24) is 14.5 Å². The molecule has 2 heterocycles. The second-order valence-electron chi connectivity index (χ2n) is 7.97. The molecule has 0 radical (unpaired) electrons. The maximum Gasteiger partial charge on any atom is 0.410 e. The fourth-order valence-corrected chi connectivity index (χ4v) is 4.05. The van der Waals surface area contributed by atoms with Gasteiger partial charge in [-0.15, -0.1) is 0 Å². The van der Waals surface area contributed by atoms with Crippen LogP contribution in [0.5, 0.6) is 0 Å². The number of nitrogens with one attached hydrogen (secondary N) is 1. The summed E-state index contributed by atoms with van der Waals surface area (Å²) in [5, 5.41) is 0. The van der Waals surface area contributed by atoms with Crippen LogP contribution in [0, 0.1) is 5.41 Å². The first-order valence-corrected chi connectivity index (χ1v) is 9.73. The van der Waals surface area contributed by atoms with Gasteiger partial charge < -0.3 is 19.1 Å². The summed E-state index contributed by atoms with van der Waals surface area (Å²) in [6.45, 7) is 8.91. The summed E-state index contributed by atoms with van der Waals surface area (Å²) in [4.78, 5) is 28.7. The predicted molar refractivity (Wildman–Crippen MR) is 92.2 cm³/mol. The molecular weight excluding hydrogens is 346 g/mol. The quantitative estimate of drug-likeness (QED) is 0.740. The van der Waals surface area contributed by atoms with Crippen LogP contribution >= 0.6 is 0 Å². The van der Waals surface area contributed by atoms with Gasteiger partial charge in [0.05, 0.1) is 5.41 Å². The van der Waals surface area contributed by atoms with Gasteiger partial charge in [0.15, 0.2) is 0 Å². The standard InChI is InChI=1S/C16H29N3O5S/c1-12-10-16(13(20)19(12)9-7-17-25(22)23)6-5-8-18(11-16)14(21)24-15(2,3)4/h12,17H,5-11H2,1-4H3,(H,22,23)/p-1. The van der Waals surface area contributed by atoms with Gasteiger partial charge in [-0.25, -0.2) is 9.52 Å². The summed E-state index contributed by atoms with van der Waals surface area (Å²) in [6, 6.07) is 0.0213. The molecule has 3 unspecified atom stereocenters. The van der Waals surface area contributed by atoms with E-state index in [2.05, 4.69) is 4.72 Å². The van der Waals surface area contributed by atoms with Crippen molar-refractivity contribution in [3.63, 3.8) is 0 Å². The third-order valence-electron chi connectivity index (χ3n) is 4.73. The van der Waals surface area contributed by atoms with Gasteiger partial charge >= 0.3 is 6.09 Å². The number of hydrogen-bond acceptors (Lipinski definition) is 5. The SMILES string of the molecule is CC1CC2(CCCN(C(=O)OC(C)(C)C)C2)C(=O)N1CCNS(=O)[O-]. The van der Waals surface area contributed by atoms with E-state index in [1.54, 1.807) is 9.80 Å². The van der Waals surface area contributed by atoms with Gasteiger partial charge in [-0.1, -0.05) is 0 Å². The van der Waals surface area contributed by atoms with Crippen molar-refractivity contribution in [1.29, 1.82) is 0 Å². The maximum absolute atomic E-state index is 13.0. The highest BCUT2D eigenvalue weighted by atomic mass is 32.2. The average molecular weight is 374 g/mol. The summed E-state index contributed by atoms with van der Waals surface area (Å²) < 4.78 is 28.9. The number of nitrogens with zero attached hydrogens (tertiary/aromatic N) is 2. The Kier molecular flexibility index (Phi) is 6.11. The van der Waals surface area contributed by atoms with Gasteiger partial charge in [-0.2, -0.15) is 0 Å². The number of rotatable bonds is 4. The summed E-state index contributed by atoms with van der Waals surface area (Å²) in [6.07, 6.45) is 1.79. The van der Waals surface area contributed by atoms with Gasteiger partial charge in [0.1, 0.15) is 5.60 Å². The molecule has 1 spiro atoms. The lowest BCUT2D eigenvalue weighted by Crippen LogP contribution is -2.51. The Morgan fingerprint density at radius 1 is 1.48 bits per heavy atom. The first kappa shape index (κ1) is 20.1. The van der Waals surface area contributed by atoms with E-state index < -0.39 is 22.3 Å². The molecule has 2 aliphatic heterocycles. The lowest BCUT2D eigenvalue weighted by atomic mass is 9.77. The minimum absolute atomic E-state index is 0.00624. The van der Waals surface area contributed by atoms with Crippen molar-refractivity contribution in [2.75, 3.05) is 26.2 Å². The lowest BCUT2D eigenvalue weighted by molar-refractivity contribution is -0.139. The number of carbonyl (C=O) groups is 2. The van der Waals surface area contributed by atoms with Gasteiger partial charge in [0.25, 0.3) is 0 Å².